The third kappa shape index (κ3) is 3.76. The molecule has 1 aliphatic heterocycles. The number of thioether (sulfide) groups is 1. The van der Waals surface area contributed by atoms with E-state index < -0.39 is 15.2 Å². The van der Waals surface area contributed by atoms with Crippen LogP contribution in [0.4, 0.5) is 0 Å². The second kappa shape index (κ2) is 6.63. The molecule has 1 fully saturated rings. The van der Waals surface area contributed by atoms with Crippen LogP contribution in [0.25, 0.3) is 0 Å². The lowest BCUT2D eigenvalue weighted by Crippen LogP contribution is -2.50. The zero-order chi connectivity index (χ0) is 13.8. The van der Waals surface area contributed by atoms with Crippen molar-refractivity contribution in [2.24, 2.45) is 16.8 Å². The van der Waals surface area contributed by atoms with E-state index in [4.69, 9.17) is 10.9 Å². The van der Waals surface area contributed by atoms with Crippen LogP contribution in [0, 0.1) is 5.92 Å². The number of oxime groups is 1. The van der Waals surface area contributed by atoms with Gasteiger partial charge in [-0.25, -0.2) is 8.42 Å². The molecule has 18 heavy (non-hydrogen) atoms. The molecule has 2 atom stereocenters. The van der Waals surface area contributed by atoms with Crippen LogP contribution < -0.4 is 5.73 Å². The van der Waals surface area contributed by atoms with Crippen LogP contribution in [-0.4, -0.2) is 60.1 Å². The maximum absolute atomic E-state index is 12.0. The summed E-state index contributed by atoms with van der Waals surface area (Å²) in [7, 11) is -3.09. The summed E-state index contributed by atoms with van der Waals surface area (Å²) in [6.07, 6.45) is 0. The lowest BCUT2D eigenvalue weighted by Gasteiger charge is -2.35. The third-order valence-electron chi connectivity index (χ3n) is 3.14. The van der Waals surface area contributed by atoms with Gasteiger partial charge in [0.1, 0.15) is 11.2 Å². The van der Waals surface area contributed by atoms with E-state index in [1.807, 2.05) is 11.8 Å². The van der Waals surface area contributed by atoms with Crippen molar-refractivity contribution >= 4 is 27.4 Å². The van der Waals surface area contributed by atoms with E-state index in [1.165, 1.54) is 0 Å². The van der Waals surface area contributed by atoms with Crippen molar-refractivity contribution in [1.29, 1.82) is 0 Å². The number of sulfone groups is 1. The van der Waals surface area contributed by atoms with Crippen LogP contribution in [0.1, 0.15) is 13.8 Å². The molecule has 0 aliphatic carbocycles. The van der Waals surface area contributed by atoms with Crippen molar-refractivity contribution in [3.8, 4) is 0 Å². The summed E-state index contributed by atoms with van der Waals surface area (Å²) < 4.78 is 24.0. The Morgan fingerprint density at radius 2 is 2.33 bits per heavy atom. The van der Waals surface area contributed by atoms with E-state index in [0.29, 0.717) is 12.3 Å². The second-order valence-electron chi connectivity index (χ2n) is 4.40. The quantitative estimate of drug-likeness (QED) is 0.325. The Hall–Kier alpha value is -0.470. The molecule has 0 aromatic heterocycles. The highest BCUT2D eigenvalue weighted by molar-refractivity contribution is 8.01. The molecule has 2 unspecified atom stereocenters. The smallest absolute Gasteiger partial charge is 0.166 e. The predicted molar refractivity (Wildman–Crippen MR) is 74.7 cm³/mol. The molecule has 0 saturated carbocycles. The molecule has 1 aliphatic rings. The molecular weight excluding hydrogens is 274 g/mol. The molecule has 8 heteroatoms. The lowest BCUT2D eigenvalue weighted by molar-refractivity contribution is 0.250. The van der Waals surface area contributed by atoms with Gasteiger partial charge in [0, 0.05) is 36.3 Å². The van der Waals surface area contributed by atoms with E-state index >= 15 is 0 Å². The number of hydrogen-bond acceptors (Lipinski definition) is 6. The summed E-state index contributed by atoms with van der Waals surface area (Å²) in [4.78, 5) is 1.93. The minimum absolute atomic E-state index is 0.140. The van der Waals surface area contributed by atoms with Crippen LogP contribution in [-0.2, 0) is 9.84 Å². The molecular formula is C10H21N3O3S2. The lowest BCUT2D eigenvalue weighted by atomic mass is 10.1. The summed E-state index contributed by atoms with van der Waals surface area (Å²) in [5.41, 5.74) is 5.54. The zero-order valence-corrected chi connectivity index (χ0v) is 12.4. The van der Waals surface area contributed by atoms with Crippen molar-refractivity contribution in [1.82, 2.24) is 4.90 Å². The van der Waals surface area contributed by atoms with Gasteiger partial charge in [0.2, 0.25) is 0 Å². The second-order valence-corrected chi connectivity index (χ2v) is 8.00. The Labute approximate surface area is 113 Å². The highest BCUT2D eigenvalue weighted by Crippen LogP contribution is 2.22. The van der Waals surface area contributed by atoms with Crippen molar-refractivity contribution in [2.45, 2.75) is 19.2 Å². The molecule has 1 saturated heterocycles. The Balaban J connectivity index is 2.78. The first kappa shape index (κ1) is 15.6. The number of rotatable bonds is 5. The van der Waals surface area contributed by atoms with E-state index in [0.717, 1.165) is 12.3 Å². The van der Waals surface area contributed by atoms with Gasteiger partial charge in [-0.05, 0) is 0 Å². The maximum atomic E-state index is 12.0. The van der Waals surface area contributed by atoms with Gasteiger partial charge in [0.15, 0.2) is 9.84 Å². The topological polar surface area (TPSA) is 96.0 Å². The van der Waals surface area contributed by atoms with Crippen molar-refractivity contribution < 1.29 is 13.6 Å². The fourth-order valence-corrected chi connectivity index (χ4v) is 4.98. The van der Waals surface area contributed by atoms with Gasteiger partial charge in [-0.3, -0.25) is 4.90 Å². The van der Waals surface area contributed by atoms with Gasteiger partial charge in [-0.15, -0.1) is 0 Å². The average molecular weight is 295 g/mol. The van der Waals surface area contributed by atoms with Gasteiger partial charge in [0.25, 0.3) is 0 Å². The Morgan fingerprint density at radius 1 is 1.67 bits per heavy atom. The molecule has 0 aromatic rings. The minimum atomic E-state index is -3.09. The largest absolute Gasteiger partial charge is 0.409 e. The fourth-order valence-electron chi connectivity index (χ4n) is 1.89. The van der Waals surface area contributed by atoms with Gasteiger partial charge in [-0.2, -0.15) is 11.8 Å². The number of nitrogens with zero attached hydrogens (tertiary/aromatic N) is 2. The first-order valence-electron chi connectivity index (χ1n) is 5.93. The van der Waals surface area contributed by atoms with Gasteiger partial charge < -0.3 is 10.9 Å². The van der Waals surface area contributed by atoms with Crippen molar-refractivity contribution in [3.63, 3.8) is 0 Å². The van der Waals surface area contributed by atoms with Gasteiger partial charge in [-0.1, -0.05) is 19.0 Å². The minimum Gasteiger partial charge on any atom is -0.409 e. The molecule has 1 heterocycles. The van der Waals surface area contributed by atoms with Crippen molar-refractivity contribution in [3.05, 3.63) is 0 Å². The van der Waals surface area contributed by atoms with E-state index in [-0.39, 0.29) is 17.5 Å². The average Bonchev–Trinajstić information content (AvgIpc) is 2.38. The van der Waals surface area contributed by atoms with Gasteiger partial charge in [0.05, 0.1) is 0 Å². The normalized spacial score (nSPS) is 25.0. The summed E-state index contributed by atoms with van der Waals surface area (Å²) in [5, 5.41) is 11.2. The molecule has 0 bridgehead atoms. The van der Waals surface area contributed by atoms with Crippen molar-refractivity contribution in [2.75, 3.05) is 30.3 Å². The number of amidine groups is 1. The molecule has 0 spiro atoms. The standard InChI is InChI=1S/C10H21N3O3S2/c1-3-18(15,16)9-7-17-5-4-13(9)6-8(2)10(11)12-14/h8-9,14H,3-7H2,1-2H3,(H2,11,12). The fraction of sp³-hybridized carbons (Fsp3) is 0.900. The molecule has 0 radical (unpaired) electrons. The highest BCUT2D eigenvalue weighted by atomic mass is 32.2. The predicted octanol–water partition coefficient (Wildman–Crippen LogP) is 0.179. The highest BCUT2D eigenvalue weighted by Gasteiger charge is 2.33. The first-order valence-corrected chi connectivity index (χ1v) is 8.80. The molecule has 0 amide bonds. The van der Waals surface area contributed by atoms with Gasteiger partial charge >= 0.3 is 0 Å². The summed E-state index contributed by atoms with van der Waals surface area (Å²) in [5.74, 6) is 1.64. The van der Waals surface area contributed by atoms with Crippen LogP contribution in [0.15, 0.2) is 5.16 Å². The third-order valence-corrected chi connectivity index (χ3v) is 6.47. The van der Waals surface area contributed by atoms with E-state index in [2.05, 4.69) is 5.16 Å². The summed E-state index contributed by atoms with van der Waals surface area (Å²) >= 11 is 1.66. The molecule has 3 N–H and O–H groups in total. The molecule has 1 rings (SSSR count). The Bertz CT molecular complexity index is 397. The van der Waals surface area contributed by atoms with E-state index in [1.54, 1.807) is 18.7 Å². The van der Waals surface area contributed by atoms with Crippen LogP contribution in [0.5, 0.6) is 0 Å². The van der Waals surface area contributed by atoms with Crippen LogP contribution in [0.2, 0.25) is 0 Å². The zero-order valence-electron chi connectivity index (χ0n) is 10.7. The molecule has 0 aromatic carbocycles. The first-order chi connectivity index (χ1) is 8.42. The monoisotopic (exact) mass is 295 g/mol. The Morgan fingerprint density at radius 3 is 2.89 bits per heavy atom. The van der Waals surface area contributed by atoms with E-state index in [9.17, 15) is 8.42 Å². The van der Waals surface area contributed by atoms with Crippen LogP contribution in [0.3, 0.4) is 0 Å². The van der Waals surface area contributed by atoms with Crippen LogP contribution >= 0.6 is 11.8 Å². The summed E-state index contributed by atoms with van der Waals surface area (Å²) in [6, 6.07) is 0. The maximum Gasteiger partial charge on any atom is 0.166 e. The SMILES string of the molecule is CCS(=O)(=O)C1CSCCN1CC(C)C(N)=NO. The molecule has 106 valence electrons. The summed E-state index contributed by atoms with van der Waals surface area (Å²) in [6.45, 7) is 4.71. The number of hydrogen-bond donors (Lipinski definition) is 2. The Kier molecular flexibility index (Phi) is 5.74. The number of nitrogens with two attached hydrogens (primary N) is 1. The molecule has 6 nitrogen and oxygen atoms in total.